The van der Waals surface area contributed by atoms with Gasteiger partial charge in [0.1, 0.15) is 17.2 Å². The zero-order valence-electron chi connectivity index (χ0n) is 26.5. The normalized spacial score (nSPS) is 19.8. The van der Waals surface area contributed by atoms with Gasteiger partial charge in [-0.1, -0.05) is 6.92 Å². The van der Waals surface area contributed by atoms with E-state index in [2.05, 4.69) is 16.0 Å². The Bertz CT molecular complexity index is 1010. The molecule has 3 atom stereocenters. The first-order valence-electron chi connectivity index (χ1n) is 14.6. The molecule has 1 saturated heterocycles. The highest BCUT2D eigenvalue weighted by Gasteiger charge is 2.43. The number of ether oxygens (including phenoxy) is 2. The van der Waals surface area contributed by atoms with E-state index in [1.807, 2.05) is 13.8 Å². The molecule has 2 rings (SSSR count). The van der Waals surface area contributed by atoms with E-state index in [-0.39, 0.29) is 17.8 Å². The number of likely N-dealkylation sites (N-methyl/N-ethyl adjacent to an activating group) is 1. The van der Waals surface area contributed by atoms with E-state index in [1.54, 1.807) is 70.0 Å². The molecule has 1 heterocycles. The lowest BCUT2D eigenvalue weighted by Gasteiger charge is -2.31. The Morgan fingerprint density at radius 1 is 0.952 bits per heavy atom. The van der Waals surface area contributed by atoms with Crippen LogP contribution in [-0.2, 0) is 19.1 Å². The molecule has 0 bridgehead atoms. The van der Waals surface area contributed by atoms with Gasteiger partial charge >= 0.3 is 12.2 Å². The highest BCUT2D eigenvalue weighted by Crippen LogP contribution is 2.46. The lowest BCUT2D eigenvalue weighted by molar-refractivity contribution is -0.137. The molecule has 0 radical (unpaired) electrons. The van der Waals surface area contributed by atoms with E-state index >= 15 is 0 Å². The first-order valence-corrected chi connectivity index (χ1v) is 16.6. The van der Waals surface area contributed by atoms with Gasteiger partial charge in [-0.25, -0.2) is 14.6 Å². The fraction of sp³-hybridized carbons (Fsp3) is 0.759. The number of carbonyl (C=O) groups excluding carboxylic acids is 4. The SMILES string of the molecule is CCCN(CC)C(=O)C(NC(C)=O)C1CC(=C2SCCCS2)CC1N=C(NC(=O)OC(C)(C)C)NC(=O)OC(C)(C)C. The van der Waals surface area contributed by atoms with Gasteiger partial charge in [-0.05, 0) is 91.2 Å². The van der Waals surface area contributed by atoms with Crippen LogP contribution in [0.5, 0.6) is 0 Å². The maximum absolute atomic E-state index is 13.8. The Morgan fingerprint density at radius 3 is 1.95 bits per heavy atom. The summed E-state index contributed by atoms with van der Waals surface area (Å²) in [6.45, 7) is 16.8. The summed E-state index contributed by atoms with van der Waals surface area (Å²) >= 11 is 3.60. The molecule has 42 heavy (non-hydrogen) atoms. The van der Waals surface area contributed by atoms with Crippen molar-refractivity contribution in [1.82, 2.24) is 20.9 Å². The Labute approximate surface area is 259 Å². The quantitative estimate of drug-likeness (QED) is 0.264. The van der Waals surface area contributed by atoms with Crippen molar-refractivity contribution < 1.29 is 28.7 Å². The van der Waals surface area contributed by atoms with Crippen molar-refractivity contribution in [3.63, 3.8) is 0 Å². The standard InChI is InChI=1S/C29H49N5O6S2/c1-10-13-34(11-2)23(36)22(30-18(3)35)20-16-19(24-41-14-12-15-42-24)17-21(20)31-25(32-26(37)39-28(4,5)6)33-27(38)40-29(7,8)9/h20-22H,10-17H2,1-9H3,(H,30,35)(H2,31,32,33,37,38). The van der Waals surface area contributed by atoms with Gasteiger partial charge in [-0.3, -0.25) is 20.2 Å². The molecule has 0 aromatic carbocycles. The summed E-state index contributed by atoms with van der Waals surface area (Å²) in [4.78, 5) is 58.2. The number of carbonyl (C=O) groups is 4. The first-order chi connectivity index (χ1) is 19.5. The molecular formula is C29H49N5O6S2. The van der Waals surface area contributed by atoms with Gasteiger partial charge in [-0.2, -0.15) is 0 Å². The van der Waals surface area contributed by atoms with Crippen LogP contribution < -0.4 is 16.0 Å². The average Bonchev–Trinajstić information content (AvgIpc) is 3.26. The number of aliphatic imine (C=N–C) groups is 1. The minimum Gasteiger partial charge on any atom is -0.444 e. The lowest BCUT2D eigenvalue weighted by Crippen LogP contribution is -2.54. The second-order valence-corrected chi connectivity index (χ2v) is 14.9. The third kappa shape index (κ3) is 12.1. The van der Waals surface area contributed by atoms with E-state index < -0.39 is 41.4 Å². The zero-order chi connectivity index (χ0) is 31.7. The number of alkyl carbamates (subject to hydrolysis) is 2. The molecule has 13 heteroatoms. The molecule has 1 saturated carbocycles. The summed E-state index contributed by atoms with van der Waals surface area (Å²) in [7, 11) is 0. The molecule has 3 unspecified atom stereocenters. The van der Waals surface area contributed by atoms with Crippen molar-refractivity contribution in [1.29, 1.82) is 0 Å². The minimum absolute atomic E-state index is 0.140. The summed E-state index contributed by atoms with van der Waals surface area (Å²) < 4.78 is 12.0. The van der Waals surface area contributed by atoms with Crippen molar-refractivity contribution in [3.05, 3.63) is 9.81 Å². The molecule has 1 aliphatic heterocycles. The van der Waals surface area contributed by atoms with Crippen LogP contribution in [0, 0.1) is 5.92 Å². The third-order valence-electron chi connectivity index (χ3n) is 6.25. The van der Waals surface area contributed by atoms with Crippen LogP contribution in [0.3, 0.4) is 0 Å². The van der Waals surface area contributed by atoms with Crippen LogP contribution in [-0.4, -0.2) is 82.7 Å². The van der Waals surface area contributed by atoms with Crippen molar-refractivity contribution in [2.24, 2.45) is 10.9 Å². The molecule has 3 N–H and O–H groups in total. The van der Waals surface area contributed by atoms with Crippen LogP contribution in [0.4, 0.5) is 9.59 Å². The van der Waals surface area contributed by atoms with E-state index in [0.717, 1.165) is 24.3 Å². The number of thioether (sulfide) groups is 2. The van der Waals surface area contributed by atoms with Crippen LogP contribution in [0.15, 0.2) is 14.8 Å². The molecule has 238 valence electrons. The van der Waals surface area contributed by atoms with E-state index in [4.69, 9.17) is 14.5 Å². The van der Waals surface area contributed by atoms with E-state index in [0.29, 0.717) is 25.9 Å². The maximum Gasteiger partial charge on any atom is 0.414 e. The molecule has 0 spiro atoms. The zero-order valence-corrected chi connectivity index (χ0v) is 28.2. The highest BCUT2D eigenvalue weighted by molar-refractivity contribution is 8.22. The molecule has 0 aromatic rings. The summed E-state index contributed by atoms with van der Waals surface area (Å²) in [5.41, 5.74) is -0.398. The first kappa shape index (κ1) is 35.8. The number of rotatable bonds is 7. The van der Waals surface area contributed by atoms with Crippen LogP contribution in [0.1, 0.15) is 88.0 Å². The topological polar surface area (TPSA) is 138 Å². The summed E-state index contributed by atoms with van der Waals surface area (Å²) in [5.74, 6) is 1.00. The van der Waals surface area contributed by atoms with Gasteiger partial charge in [-0.15, -0.1) is 23.5 Å². The lowest BCUT2D eigenvalue weighted by atomic mass is 9.92. The van der Waals surface area contributed by atoms with E-state index in [9.17, 15) is 19.2 Å². The smallest absolute Gasteiger partial charge is 0.414 e. The van der Waals surface area contributed by atoms with Crippen molar-refractivity contribution in [2.45, 2.75) is 111 Å². The number of nitrogens with zero attached hydrogens (tertiary/aromatic N) is 2. The van der Waals surface area contributed by atoms with Gasteiger partial charge in [0.05, 0.1) is 6.04 Å². The second kappa shape index (κ2) is 15.9. The number of guanidine groups is 1. The van der Waals surface area contributed by atoms with Gasteiger partial charge in [0.15, 0.2) is 0 Å². The van der Waals surface area contributed by atoms with E-state index in [1.165, 1.54) is 16.7 Å². The van der Waals surface area contributed by atoms with Gasteiger partial charge in [0.2, 0.25) is 17.8 Å². The molecule has 0 aromatic heterocycles. The number of hydrogen-bond donors (Lipinski definition) is 3. The molecule has 1 aliphatic carbocycles. The summed E-state index contributed by atoms with van der Waals surface area (Å²) in [6.07, 6.45) is 1.38. The average molecular weight is 628 g/mol. The summed E-state index contributed by atoms with van der Waals surface area (Å²) in [5, 5.41) is 8.03. The molecular weight excluding hydrogens is 578 g/mol. The molecule has 2 fully saturated rings. The molecule has 11 nitrogen and oxygen atoms in total. The monoisotopic (exact) mass is 627 g/mol. The van der Waals surface area contributed by atoms with Crippen LogP contribution in [0.2, 0.25) is 0 Å². The number of hydrogen-bond acceptors (Lipinski definition) is 9. The Hall–Kier alpha value is -2.41. The Morgan fingerprint density at radius 2 is 1.50 bits per heavy atom. The van der Waals surface area contributed by atoms with Gasteiger partial charge in [0, 0.05) is 30.2 Å². The highest BCUT2D eigenvalue weighted by atomic mass is 32.2. The third-order valence-corrected chi connectivity index (χ3v) is 9.04. The predicted molar refractivity (Wildman–Crippen MR) is 169 cm³/mol. The van der Waals surface area contributed by atoms with Gasteiger partial charge in [0.25, 0.3) is 0 Å². The van der Waals surface area contributed by atoms with Gasteiger partial charge < -0.3 is 19.7 Å². The van der Waals surface area contributed by atoms with Crippen molar-refractivity contribution >= 4 is 53.5 Å². The fourth-order valence-corrected chi connectivity index (χ4v) is 7.42. The van der Waals surface area contributed by atoms with Crippen LogP contribution in [0.25, 0.3) is 0 Å². The molecule has 2 aliphatic rings. The predicted octanol–water partition coefficient (Wildman–Crippen LogP) is 5.02. The number of amides is 4. The largest absolute Gasteiger partial charge is 0.444 e. The minimum atomic E-state index is -0.830. The van der Waals surface area contributed by atoms with Crippen molar-refractivity contribution in [3.8, 4) is 0 Å². The number of nitrogens with one attached hydrogen (secondary N) is 3. The maximum atomic E-state index is 13.8. The Kier molecular flexibility index (Phi) is 13.5. The Balaban J connectivity index is 2.57. The summed E-state index contributed by atoms with van der Waals surface area (Å²) in [6, 6.07) is -1.36. The van der Waals surface area contributed by atoms with Crippen molar-refractivity contribution in [2.75, 3.05) is 24.6 Å². The second-order valence-electron chi connectivity index (χ2n) is 12.4. The molecule has 4 amide bonds. The van der Waals surface area contributed by atoms with Crippen LogP contribution >= 0.6 is 23.5 Å². The fourth-order valence-electron chi connectivity index (χ4n) is 4.71.